The van der Waals surface area contributed by atoms with Gasteiger partial charge in [0.2, 0.25) is 5.95 Å². The van der Waals surface area contributed by atoms with Gasteiger partial charge < -0.3 is 16.2 Å². The number of nitrogens with zero attached hydrogens (tertiary/aromatic N) is 3. The normalized spacial score (nSPS) is 10.4. The molecule has 0 spiro atoms. The summed E-state index contributed by atoms with van der Waals surface area (Å²) in [7, 11) is 0. The van der Waals surface area contributed by atoms with Gasteiger partial charge in [-0.2, -0.15) is 10.2 Å². The molecule has 0 atom stereocenters. The Morgan fingerprint density at radius 1 is 1.11 bits per heavy atom. The number of halogens is 3. The fourth-order valence-corrected chi connectivity index (χ4v) is 3.23. The first kappa shape index (κ1) is 19.2. The minimum Gasteiger partial charge on any atom is -0.488 e. The molecule has 3 aromatic rings. The zero-order chi connectivity index (χ0) is 19.6. The highest BCUT2D eigenvalue weighted by molar-refractivity contribution is 9.10. The fourth-order valence-electron chi connectivity index (χ4n) is 2.41. The summed E-state index contributed by atoms with van der Waals surface area (Å²) in [4.78, 5) is 8.02. The molecule has 136 valence electrons. The topological polar surface area (TPSA) is 111 Å². The smallest absolute Gasteiger partial charge is 0.222 e. The van der Waals surface area contributed by atoms with E-state index in [-0.39, 0.29) is 23.9 Å². The van der Waals surface area contributed by atoms with Gasteiger partial charge in [-0.05, 0) is 30.3 Å². The standard InChI is InChI=1S/C18H12BrCl2N5O/c19-10-2-4-15(27-8-9-1-3-11(20)6-14(9)21)12(5-10)16-13(7-22)17(23)26-18(24)25-16/h1-6H,8H2,(H4,23,24,25,26). The molecule has 1 aromatic heterocycles. The number of nitrogens with two attached hydrogens (primary N) is 2. The van der Waals surface area contributed by atoms with E-state index in [0.717, 1.165) is 10.0 Å². The lowest BCUT2D eigenvalue weighted by Gasteiger charge is -2.14. The summed E-state index contributed by atoms with van der Waals surface area (Å²) in [5.74, 6) is 0.457. The van der Waals surface area contributed by atoms with Crippen molar-refractivity contribution in [2.45, 2.75) is 6.61 Å². The van der Waals surface area contributed by atoms with Gasteiger partial charge in [-0.25, -0.2) is 4.98 Å². The molecule has 0 saturated heterocycles. The Labute approximate surface area is 173 Å². The number of anilines is 2. The first-order valence-electron chi connectivity index (χ1n) is 7.58. The van der Waals surface area contributed by atoms with E-state index in [1.54, 1.807) is 30.3 Å². The van der Waals surface area contributed by atoms with Crippen LogP contribution in [0.1, 0.15) is 11.1 Å². The maximum Gasteiger partial charge on any atom is 0.222 e. The number of ether oxygens (including phenoxy) is 1. The Kier molecular flexibility index (Phi) is 5.71. The molecule has 0 bridgehead atoms. The van der Waals surface area contributed by atoms with Gasteiger partial charge in [-0.1, -0.05) is 45.2 Å². The number of benzene rings is 2. The number of nitriles is 1. The van der Waals surface area contributed by atoms with Crippen LogP contribution >= 0.6 is 39.1 Å². The van der Waals surface area contributed by atoms with Gasteiger partial charge in [-0.3, -0.25) is 0 Å². The van der Waals surface area contributed by atoms with Gasteiger partial charge in [-0.15, -0.1) is 0 Å². The second kappa shape index (κ2) is 8.01. The van der Waals surface area contributed by atoms with Crippen molar-refractivity contribution >= 4 is 50.9 Å². The zero-order valence-electron chi connectivity index (χ0n) is 13.7. The van der Waals surface area contributed by atoms with Gasteiger partial charge in [0.25, 0.3) is 0 Å². The lowest BCUT2D eigenvalue weighted by molar-refractivity contribution is 0.307. The summed E-state index contributed by atoms with van der Waals surface area (Å²) in [6.45, 7) is 0.197. The molecule has 0 saturated carbocycles. The summed E-state index contributed by atoms with van der Waals surface area (Å²) in [5.41, 5.74) is 13.3. The van der Waals surface area contributed by atoms with Crippen molar-refractivity contribution in [2.75, 3.05) is 11.5 Å². The molecule has 0 unspecified atom stereocenters. The van der Waals surface area contributed by atoms with Crippen LogP contribution in [-0.2, 0) is 6.61 Å². The molecule has 0 aliphatic carbocycles. The SMILES string of the molecule is N#Cc1c(N)nc(N)nc1-c1cc(Br)ccc1OCc1ccc(Cl)cc1Cl. The number of hydrogen-bond acceptors (Lipinski definition) is 6. The summed E-state index contributed by atoms with van der Waals surface area (Å²) in [6.07, 6.45) is 0. The first-order chi connectivity index (χ1) is 12.9. The van der Waals surface area contributed by atoms with E-state index in [9.17, 15) is 5.26 Å². The van der Waals surface area contributed by atoms with E-state index < -0.39 is 0 Å². The summed E-state index contributed by atoms with van der Waals surface area (Å²) in [6, 6.07) is 12.5. The highest BCUT2D eigenvalue weighted by atomic mass is 79.9. The van der Waals surface area contributed by atoms with Crippen molar-refractivity contribution in [1.29, 1.82) is 5.26 Å². The average Bonchev–Trinajstić information content (AvgIpc) is 2.61. The van der Waals surface area contributed by atoms with Crippen molar-refractivity contribution in [3.63, 3.8) is 0 Å². The number of rotatable bonds is 4. The molecular formula is C18H12BrCl2N5O. The Bertz CT molecular complexity index is 1070. The molecule has 3 rings (SSSR count). The molecule has 6 nitrogen and oxygen atoms in total. The van der Waals surface area contributed by atoms with E-state index >= 15 is 0 Å². The molecule has 4 N–H and O–H groups in total. The third-order valence-electron chi connectivity index (χ3n) is 3.66. The van der Waals surface area contributed by atoms with Crippen LogP contribution in [-0.4, -0.2) is 9.97 Å². The molecule has 1 heterocycles. The van der Waals surface area contributed by atoms with Crippen LogP contribution in [0.25, 0.3) is 11.3 Å². The molecule has 0 fully saturated rings. The van der Waals surface area contributed by atoms with Crippen molar-refractivity contribution < 1.29 is 4.74 Å². The monoisotopic (exact) mass is 463 g/mol. The maximum atomic E-state index is 9.45. The zero-order valence-corrected chi connectivity index (χ0v) is 16.8. The van der Waals surface area contributed by atoms with Crippen molar-refractivity contribution in [3.05, 3.63) is 62.0 Å². The van der Waals surface area contributed by atoms with Crippen molar-refractivity contribution in [1.82, 2.24) is 9.97 Å². The van der Waals surface area contributed by atoms with E-state index in [1.165, 1.54) is 0 Å². The highest BCUT2D eigenvalue weighted by Gasteiger charge is 2.18. The van der Waals surface area contributed by atoms with Crippen LogP contribution in [0.4, 0.5) is 11.8 Å². The summed E-state index contributed by atoms with van der Waals surface area (Å²) >= 11 is 15.5. The molecule has 27 heavy (non-hydrogen) atoms. The highest BCUT2D eigenvalue weighted by Crippen LogP contribution is 2.36. The second-order valence-electron chi connectivity index (χ2n) is 5.47. The predicted molar refractivity (Wildman–Crippen MR) is 110 cm³/mol. The first-order valence-corrected chi connectivity index (χ1v) is 9.13. The molecule has 0 amide bonds. The number of nitrogen functional groups attached to an aromatic ring is 2. The van der Waals surface area contributed by atoms with Gasteiger partial charge in [0, 0.05) is 25.6 Å². The molecule has 0 aliphatic rings. The Balaban J connectivity index is 2.03. The Hall–Kier alpha value is -2.53. The predicted octanol–water partition coefficient (Wildman–Crippen LogP) is 4.83. The minimum absolute atomic E-state index is 0.00618. The summed E-state index contributed by atoms with van der Waals surface area (Å²) < 4.78 is 6.70. The van der Waals surface area contributed by atoms with Gasteiger partial charge in [0.1, 0.15) is 29.8 Å². The van der Waals surface area contributed by atoms with Crippen molar-refractivity contribution in [3.8, 4) is 23.1 Å². The van der Waals surface area contributed by atoms with Crippen LogP contribution in [0.3, 0.4) is 0 Å². The third-order valence-corrected chi connectivity index (χ3v) is 4.74. The quantitative estimate of drug-likeness (QED) is 0.572. The fraction of sp³-hybridized carbons (Fsp3) is 0.0556. The van der Waals surface area contributed by atoms with Crippen LogP contribution in [0.2, 0.25) is 10.0 Å². The maximum absolute atomic E-state index is 9.45. The van der Waals surface area contributed by atoms with E-state index in [4.69, 9.17) is 39.4 Å². The molecule has 0 aliphatic heterocycles. The van der Waals surface area contributed by atoms with E-state index in [0.29, 0.717) is 27.1 Å². The summed E-state index contributed by atoms with van der Waals surface area (Å²) in [5, 5.41) is 10.5. The minimum atomic E-state index is -0.0341. The largest absolute Gasteiger partial charge is 0.488 e. The van der Waals surface area contributed by atoms with Gasteiger partial charge >= 0.3 is 0 Å². The molecule has 0 radical (unpaired) electrons. The Morgan fingerprint density at radius 2 is 1.89 bits per heavy atom. The van der Waals surface area contributed by atoms with Crippen LogP contribution < -0.4 is 16.2 Å². The Morgan fingerprint density at radius 3 is 2.59 bits per heavy atom. The van der Waals surface area contributed by atoms with Crippen LogP contribution in [0, 0.1) is 11.3 Å². The van der Waals surface area contributed by atoms with Crippen molar-refractivity contribution in [2.24, 2.45) is 0 Å². The molecule has 9 heteroatoms. The number of hydrogen-bond donors (Lipinski definition) is 2. The van der Waals surface area contributed by atoms with E-state index in [2.05, 4.69) is 25.9 Å². The molecule has 2 aromatic carbocycles. The van der Waals surface area contributed by atoms with Gasteiger partial charge in [0.05, 0.1) is 5.69 Å². The molecular weight excluding hydrogens is 453 g/mol. The van der Waals surface area contributed by atoms with Crippen LogP contribution in [0.5, 0.6) is 5.75 Å². The lowest BCUT2D eigenvalue weighted by atomic mass is 10.1. The average molecular weight is 465 g/mol. The lowest BCUT2D eigenvalue weighted by Crippen LogP contribution is -2.06. The number of aromatic nitrogens is 2. The van der Waals surface area contributed by atoms with E-state index in [1.807, 2.05) is 12.1 Å². The van der Waals surface area contributed by atoms with Gasteiger partial charge in [0.15, 0.2) is 0 Å². The van der Waals surface area contributed by atoms with Crippen LogP contribution in [0.15, 0.2) is 40.9 Å². The second-order valence-corrected chi connectivity index (χ2v) is 7.23. The third kappa shape index (κ3) is 4.25.